The number of ether oxygens (including phenoxy) is 3. The van der Waals surface area contributed by atoms with Gasteiger partial charge in [0.25, 0.3) is 0 Å². The van der Waals surface area contributed by atoms with Crippen molar-refractivity contribution in [3.8, 4) is 70.0 Å². The van der Waals surface area contributed by atoms with Crippen molar-refractivity contribution in [3.63, 3.8) is 0 Å². The average Bonchev–Trinajstić information content (AvgIpc) is 3.37. The molecule has 0 amide bonds. The minimum Gasteiger partial charge on any atom is -0.504 e. The van der Waals surface area contributed by atoms with Gasteiger partial charge in [-0.25, -0.2) is 0 Å². The van der Waals surface area contributed by atoms with Gasteiger partial charge in [0.1, 0.15) is 0 Å². The molecule has 1 aliphatic carbocycles. The maximum atomic E-state index is 11.3. The number of fused-ring (bicyclic) bond motifs is 3. The van der Waals surface area contributed by atoms with Gasteiger partial charge in [0.05, 0.1) is 19.8 Å². The molecule has 6 nitrogen and oxygen atoms in total. The normalized spacial score (nSPS) is 11.4. The van der Waals surface area contributed by atoms with Crippen LogP contribution in [0.5, 0.6) is 34.5 Å². The highest BCUT2D eigenvalue weighted by Crippen LogP contribution is 2.34. The van der Waals surface area contributed by atoms with Gasteiger partial charge in [0.2, 0.25) is 0 Å². The van der Waals surface area contributed by atoms with Crippen LogP contribution in [0.4, 0.5) is 0 Å². The lowest BCUT2D eigenvalue weighted by molar-refractivity contribution is 0.288. The third-order valence-corrected chi connectivity index (χ3v) is 14.1. The summed E-state index contributed by atoms with van der Waals surface area (Å²) in [5.74, 6) is 20.7. The van der Waals surface area contributed by atoms with E-state index in [0.29, 0.717) is 70.4 Å². The Bertz CT molecular complexity index is 2140. The predicted molar refractivity (Wildman–Crippen MR) is 302 cm³/mol. The molecule has 0 aromatic heterocycles. The summed E-state index contributed by atoms with van der Waals surface area (Å²) in [6, 6.07) is 10.1. The lowest BCUT2D eigenvalue weighted by Crippen LogP contribution is -2.00. The van der Waals surface area contributed by atoms with E-state index in [-0.39, 0.29) is 17.2 Å². The van der Waals surface area contributed by atoms with Crippen molar-refractivity contribution in [2.24, 2.45) is 0 Å². The average molecular weight is 985 g/mol. The van der Waals surface area contributed by atoms with Gasteiger partial charge in [-0.05, 0) is 19.3 Å². The smallest absolute Gasteiger partial charge is 0.162 e. The highest BCUT2D eigenvalue weighted by molar-refractivity contribution is 5.67. The van der Waals surface area contributed by atoms with Gasteiger partial charge < -0.3 is 29.5 Å². The Hall–Kier alpha value is -4.86. The van der Waals surface area contributed by atoms with E-state index in [2.05, 4.69) is 56.3 Å². The van der Waals surface area contributed by atoms with E-state index in [1.165, 1.54) is 193 Å². The summed E-state index contributed by atoms with van der Waals surface area (Å²) < 4.78 is 18.5. The molecule has 6 heteroatoms. The number of phenolic OH excluding ortho intramolecular Hbond substituents is 3. The third-order valence-electron chi connectivity index (χ3n) is 14.1. The zero-order chi connectivity index (χ0) is 51.1. The van der Waals surface area contributed by atoms with Crippen molar-refractivity contribution in [2.45, 2.75) is 252 Å². The van der Waals surface area contributed by atoms with Crippen LogP contribution in [-0.2, 0) is 0 Å². The van der Waals surface area contributed by atoms with Crippen LogP contribution in [0.2, 0.25) is 0 Å². The summed E-state index contributed by atoms with van der Waals surface area (Å²) in [5, 5.41) is 33.7. The third kappa shape index (κ3) is 25.2. The molecule has 3 aromatic rings. The largest absolute Gasteiger partial charge is 0.504 e. The molecule has 0 atom stereocenters. The molecule has 1 aliphatic rings. The van der Waals surface area contributed by atoms with E-state index < -0.39 is 0 Å². The zero-order valence-corrected chi connectivity index (χ0v) is 45.6. The molecule has 0 bridgehead atoms. The van der Waals surface area contributed by atoms with E-state index in [1.807, 2.05) is 0 Å². The van der Waals surface area contributed by atoms with Crippen LogP contribution in [0.25, 0.3) is 0 Å². The van der Waals surface area contributed by atoms with Crippen LogP contribution in [0.15, 0.2) is 36.4 Å². The minimum absolute atomic E-state index is 0.000825. The first kappa shape index (κ1) is 59.7. The number of aromatic hydroxyl groups is 3. The lowest BCUT2D eigenvalue weighted by atomic mass is 10.0. The second-order valence-corrected chi connectivity index (χ2v) is 20.6. The van der Waals surface area contributed by atoms with Crippen molar-refractivity contribution in [1.82, 2.24) is 0 Å². The van der Waals surface area contributed by atoms with Crippen LogP contribution in [0.3, 0.4) is 0 Å². The molecule has 0 aliphatic heterocycles. The van der Waals surface area contributed by atoms with E-state index >= 15 is 0 Å². The van der Waals surface area contributed by atoms with Crippen molar-refractivity contribution < 1.29 is 29.5 Å². The van der Waals surface area contributed by atoms with Crippen LogP contribution < -0.4 is 14.2 Å². The summed E-state index contributed by atoms with van der Waals surface area (Å²) in [4.78, 5) is 0. The van der Waals surface area contributed by atoms with Gasteiger partial charge in [0, 0.05) is 69.8 Å². The summed E-state index contributed by atoms with van der Waals surface area (Å²) in [5.41, 5.74) is 3.33. The van der Waals surface area contributed by atoms with Gasteiger partial charge in [-0.3, -0.25) is 0 Å². The number of unbranched alkanes of at least 4 members (excludes halogenated alkanes) is 33. The SMILES string of the molecule is CCCCCCCCCCCCCCOc1cc2c(cc1O)C#Cc1cc(O)c(OCCCCCCCCCCCCCC)cc1C#Cc1cc(OCCCCCCCCCCCCCC)c(O)cc1C#C2. The van der Waals surface area contributed by atoms with Crippen LogP contribution in [0.1, 0.15) is 285 Å². The molecule has 3 N–H and O–H groups in total. The van der Waals surface area contributed by atoms with Crippen molar-refractivity contribution in [1.29, 1.82) is 0 Å². The lowest BCUT2D eigenvalue weighted by Gasteiger charge is -2.12. The van der Waals surface area contributed by atoms with Gasteiger partial charge >= 0.3 is 0 Å². The minimum atomic E-state index is -0.00621. The van der Waals surface area contributed by atoms with Crippen molar-refractivity contribution in [3.05, 3.63) is 69.8 Å². The van der Waals surface area contributed by atoms with Gasteiger partial charge in [-0.15, -0.1) is 0 Å². The quantitative estimate of drug-likeness (QED) is 0.0303. The number of benzene rings is 3. The Morgan fingerprint density at radius 2 is 0.417 bits per heavy atom. The van der Waals surface area contributed by atoms with E-state index in [1.54, 1.807) is 36.4 Å². The molecule has 0 spiro atoms. The van der Waals surface area contributed by atoms with Gasteiger partial charge in [-0.1, -0.05) is 268 Å². The molecular weight excluding hydrogens is 889 g/mol. The Balaban J connectivity index is 1.43. The van der Waals surface area contributed by atoms with Gasteiger partial charge in [0.15, 0.2) is 34.5 Å². The number of hydrogen-bond donors (Lipinski definition) is 3. The van der Waals surface area contributed by atoms with Crippen LogP contribution in [0, 0.1) is 35.5 Å². The molecule has 0 fully saturated rings. The molecule has 0 saturated carbocycles. The highest BCUT2D eigenvalue weighted by atomic mass is 16.5. The monoisotopic (exact) mass is 985 g/mol. The molecular formula is C66H96O6. The highest BCUT2D eigenvalue weighted by Gasteiger charge is 2.14. The standard InChI is InChI=1S/C66H96O6/c1-4-7-10-13-16-19-22-25-28-31-34-37-46-70-64-52-58-43-42-57-51-63(69)66(72-48-39-36-33-30-27-24-21-18-15-12-9-6-3)54-60(57)45-44-59-53-65(62(68)50-56(59)41-40-55(58)49-61(64)67)71-47-38-35-32-29-26-23-20-17-14-11-8-5-2/h49-54,67-69H,4-39,46-48H2,1-3H3. The first-order valence-corrected chi connectivity index (χ1v) is 29.5. The molecule has 0 radical (unpaired) electrons. The van der Waals surface area contributed by atoms with Crippen LogP contribution >= 0.6 is 0 Å². The second kappa shape index (κ2) is 38.7. The zero-order valence-electron chi connectivity index (χ0n) is 45.6. The molecule has 396 valence electrons. The Morgan fingerprint density at radius 3 is 0.611 bits per heavy atom. The van der Waals surface area contributed by atoms with Crippen molar-refractivity contribution in [2.75, 3.05) is 19.8 Å². The summed E-state index contributed by atoms with van der Waals surface area (Å²) in [6.45, 7) is 8.29. The molecule has 4 rings (SSSR count). The Labute approximate surface area is 439 Å². The maximum Gasteiger partial charge on any atom is 0.162 e. The summed E-state index contributed by atoms with van der Waals surface area (Å²) >= 11 is 0. The van der Waals surface area contributed by atoms with E-state index in [4.69, 9.17) is 14.2 Å². The predicted octanol–water partition coefficient (Wildman–Crippen LogP) is 18.6. The van der Waals surface area contributed by atoms with Gasteiger partial charge in [-0.2, -0.15) is 0 Å². The van der Waals surface area contributed by atoms with E-state index in [0.717, 1.165) is 38.5 Å². The molecule has 0 heterocycles. The fourth-order valence-electron chi connectivity index (χ4n) is 9.45. The number of phenols is 3. The molecule has 3 aromatic carbocycles. The molecule has 72 heavy (non-hydrogen) atoms. The van der Waals surface area contributed by atoms with Crippen molar-refractivity contribution >= 4 is 0 Å². The Morgan fingerprint density at radius 1 is 0.250 bits per heavy atom. The molecule has 0 saturated heterocycles. The topological polar surface area (TPSA) is 88.4 Å². The number of hydrogen-bond acceptors (Lipinski definition) is 6. The summed E-state index contributed by atoms with van der Waals surface area (Å²) in [6.07, 6.45) is 45.4. The summed E-state index contributed by atoms with van der Waals surface area (Å²) in [7, 11) is 0. The second-order valence-electron chi connectivity index (χ2n) is 20.6. The number of rotatable bonds is 42. The molecule has 0 unspecified atom stereocenters. The van der Waals surface area contributed by atoms with Crippen LogP contribution in [-0.4, -0.2) is 35.1 Å². The fourth-order valence-corrected chi connectivity index (χ4v) is 9.45. The Kier molecular flexibility index (Phi) is 32.1. The first-order chi connectivity index (χ1) is 35.4. The fraction of sp³-hybridized carbons (Fsp3) is 0.636. The van der Waals surface area contributed by atoms with E-state index in [9.17, 15) is 15.3 Å². The first-order valence-electron chi connectivity index (χ1n) is 29.5. The maximum absolute atomic E-state index is 11.3.